The molecule has 0 aliphatic heterocycles. The number of halogens is 2. The first-order valence-electron chi connectivity index (χ1n) is 16.0. The van der Waals surface area contributed by atoms with E-state index in [0.29, 0.717) is 5.41 Å². The van der Waals surface area contributed by atoms with Crippen LogP contribution in [-0.2, 0) is 59.7 Å². The van der Waals surface area contributed by atoms with Crippen LogP contribution in [-0.4, -0.2) is 3.71 Å². The molecule has 1 aliphatic carbocycles. The average molecular weight is 721 g/mol. The predicted molar refractivity (Wildman–Crippen MR) is 187 cm³/mol. The predicted octanol–water partition coefficient (Wildman–Crippen LogP) is 5.18. The van der Waals surface area contributed by atoms with Crippen LogP contribution in [0.5, 0.6) is 0 Å². The molecule has 0 unspecified atom stereocenters. The third-order valence-electron chi connectivity index (χ3n) is 8.40. The van der Waals surface area contributed by atoms with Crippen molar-refractivity contribution in [3.05, 3.63) is 123 Å². The van der Waals surface area contributed by atoms with Crippen LogP contribution in [0.25, 0.3) is 11.1 Å². The van der Waals surface area contributed by atoms with Crippen molar-refractivity contribution < 1.29 is 49.0 Å². The van der Waals surface area contributed by atoms with Crippen molar-refractivity contribution in [3.63, 3.8) is 0 Å². The maximum Gasteiger partial charge on any atom is -1.00 e. The molecule has 0 aromatic heterocycles. The van der Waals surface area contributed by atoms with E-state index in [0.717, 1.165) is 19.3 Å². The Bertz CT molecular complexity index is 1460. The fourth-order valence-electron chi connectivity index (χ4n) is 5.46. The second-order valence-electron chi connectivity index (χ2n) is 15.1. The van der Waals surface area contributed by atoms with Crippen molar-refractivity contribution in [2.75, 3.05) is 0 Å². The van der Waals surface area contributed by atoms with Crippen molar-refractivity contribution in [3.8, 4) is 11.1 Å². The van der Waals surface area contributed by atoms with Crippen LogP contribution < -0.4 is 24.8 Å². The first kappa shape index (κ1) is 41.4. The van der Waals surface area contributed by atoms with Crippen LogP contribution in [0.2, 0.25) is 0 Å². The van der Waals surface area contributed by atoms with Gasteiger partial charge in [0, 0.05) is 0 Å². The third-order valence-corrected chi connectivity index (χ3v) is 9.22. The van der Waals surface area contributed by atoms with E-state index < -0.39 is 0 Å². The van der Waals surface area contributed by atoms with Gasteiger partial charge in [-0.15, -0.1) is 5.56 Å². The van der Waals surface area contributed by atoms with Crippen LogP contribution >= 0.6 is 0 Å². The van der Waals surface area contributed by atoms with E-state index in [-0.39, 0.29) is 35.6 Å². The van der Waals surface area contributed by atoms with Crippen molar-refractivity contribution in [1.82, 2.24) is 0 Å². The van der Waals surface area contributed by atoms with Gasteiger partial charge in [0.1, 0.15) is 0 Å². The maximum atomic E-state index is 3.53. The summed E-state index contributed by atoms with van der Waals surface area (Å²) in [6.07, 6.45) is 3.34. The zero-order valence-electron chi connectivity index (χ0n) is 29.8. The van der Waals surface area contributed by atoms with Gasteiger partial charge >= 0.3 is 70.3 Å². The van der Waals surface area contributed by atoms with Crippen LogP contribution in [0.15, 0.2) is 66.7 Å². The van der Waals surface area contributed by atoms with Gasteiger partial charge in [-0.05, 0) is 17.4 Å². The molecule has 5 rings (SSSR count). The Hall–Kier alpha value is -1.66. The van der Waals surface area contributed by atoms with Crippen LogP contribution in [0.4, 0.5) is 0 Å². The summed E-state index contributed by atoms with van der Waals surface area (Å²) in [6, 6.07) is 28.4. The molecule has 1 aliphatic rings. The molecule has 4 aromatic carbocycles. The van der Waals surface area contributed by atoms with Gasteiger partial charge in [0.05, 0.1) is 0 Å². The smallest absolute Gasteiger partial charge is 1.00 e. The Morgan fingerprint density at radius 3 is 1.78 bits per heavy atom. The number of aryl methyl sites for hydroxylation is 3. The number of hydrogen-bond acceptors (Lipinski definition) is 0. The Kier molecular flexibility index (Phi) is 15.6. The van der Waals surface area contributed by atoms with Gasteiger partial charge in [-0.3, -0.25) is 0 Å². The number of benzene rings is 3. The topological polar surface area (TPSA) is 0 Å². The molecule has 0 atom stereocenters. The molecule has 4 aromatic rings. The van der Waals surface area contributed by atoms with E-state index in [9.17, 15) is 0 Å². The zero-order valence-corrected chi connectivity index (χ0v) is 33.8. The molecule has 0 radical (unpaired) electrons. The van der Waals surface area contributed by atoms with Crippen molar-refractivity contribution in [2.24, 2.45) is 0 Å². The van der Waals surface area contributed by atoms with Gasteiger partial charge in [0.25, 0.3) is 0 Å². The molecular formula is C42H54Cl2Zr-2. The second-order valence-corrected chi connectivity index (χ2v) is 15.9. The second kappa shape index (κ2) is 17.0. The van der Waals surface area contributed by atoms with Crippen LogP contribution in [0, 0.1) is 13.0 Å². The minimum Gasteiger partial charge on any atom is -1.00 e. The Morgan fingerprint density at radius 2 is 1.31 bits per heavy atom. The summed E-state index contributed by atoms with van der Waals surface area (Å²) < 4.78 is 2.19. The third kappa shape index (κ3) is 11.2. The summed E-state index contributed by atoms with van der Waals surface area (Å²) in [5.74, 6) is 0. The summed E-state index contributed by atoms with van der Waals surface area (Å²) in [5.41, 5.74) is 16.3. The number of fused-ring (bicyclic) bond motifs is 3. The van der Waals surface area contributed by atoms with Gasteiger partial charge in [-0.25, -0.2) is 6.07 Å². The molecule has 0 heterocycles. The fourth-order valence-corrected chi connectivity index (χ4v) is 5.94. The normalized spacial score (nSPS) is 11.9. The Balaban J connectivity index is 0.000000363. The summed E-state index contributed by atoms with van der Waals surface area (Å²) >= 11 is 1.47. The summed E-state index contributed by atoms with van der Waals surface area (Å²) in [6.45, 7) is 27.1. The molecule has 0 saturated carbocycles. The van der Waals surface area contributed by atoms with Crippen molar-refractivity contribution >= 4 is 3.71 Å². The minimum absolute atomic E-state index is 0. The van der Waals surface area contributed by atoms with E-state index in [1.165, 1.54) is 85.4 Å². The minimum atomic E-state index is 0. The van der Waals surface area contributed by atoms with E-state index in [1.54, 1.807) is 0 Å². The first-order chi connectivity index (χ1) is 20.0. The number of rotatable bonds is 3. The van der Waals surface area contributed by atoms with Crippen LogP contribution in [0.3, 0.4) is 0 Å². The quantitative estimate of drug-likeness (QED) is 0.226. The summed E-state index contributed by atoms with van der Waals surface area (Å²) in [5, 5.41) is 0. The van der Waals surface area contributed by atoms with E-state index in [2.05, 4.69) is 160 Å². The molecule has 45 heavy (non-hydrogen) atoms. The molecule has 0 bridgehead atoms. The molecular weight excluding hydrogens is 667 g/mol. The molecule has 0 spiro atoms. The SMILES string of the molecule is CC(C)(C)c1c[c-]c2c(c1)-c1cc(C(C)(C)C)ccc1C2.CCc1cc(C(C)(C)C)c(CC)[cH-]1.Cc1ccc([CH]=[Zr+2])cc1.[Cl-].[Cl-]. The van der Waals surface area contributed by atoms with Crippen molar-refractivity contribution in [1.29, 1.82) is 0 Å². The molecule has 0 saturated heterocycles. The maximum absolute atomic E-state index is 3.53. The van der Waals surface area contributed by atoms with Gasteiger partial charge in [-0.1, -0.05) is 129 Å². The van der Waals surface area contributed by atoms with E-state index in [1.807, 2.05) is 0 Å². The molecule has 242 valence electrons. The fraction of sp³-hybridized carbons (Fsp3) is 0.429. The largest absolute Gasteiger partial charge is 1.00 e. The van der Waals surface area contributed by atoms with E-state index in [4.69, 9.17) is 0 Å². The summed E-state index contributed by atoms with van der Waals surface area (Å²) in [4.78, 5) is 0. The standard InChI is InChI=1S/C21H25.C13H21.C8H8.2ClH.Zr/c1-20(2,3)16-9-7-14-11-15-8-10-17(21(4,5)6)13-19(15)18(14)12-16;1-6-10-8-11(7-2)12(9-10)13(3,4)5;1-7-3-5-8(2)6-4-7;;;/h7,9-10,12-13H,11H2,1-6H3;8-9H,6-7H2,1-5H3;1,3-6H,2H3;2*1H;/q2*-1;;;;+2/p-2. The van der Waals surface area contributed by atoms with Gasteiger partial charge in [0.15, 0.2) is 0 Å². The molecule has 3 heteroatoms. The van der Waals surface area contributed by atoms with Crippen LogP contribution in [0.1, 0.15) is 126 Å². The van der Waals surface area contributed by atoms with Crippen molar-refractivity contribution in [2.45, 2.75) is 119 Å². The Morgan fingerprint density at radius 1 is 0.733 bits per heavy atom. The summed E-state index contributed by atoms with van der Waals surface area (Å²) in [7, 11) is 0. The molecule has 0 amide bonds. The first-order valence-corrected chi connectivity index (χ1v) is 17.4. The molecule has 0 fully saturated rings. The monoisotopic (exact) mass is 718 g/mol. The average Bonchev–Trinajstić information content (AvgIpc) is 3.54. The molecule has 0 nitrogen and oxygen atoms in total. The van der Waals surface area contributed by atoms with Gasteiger partial charge in [-0.2, -0.15) is 52.1 Å². The zero-order chi connectivity index (χ0) is 32.2. The molecule has 0 N–H and O–H groups in total. The number of hydrogen-bond donors (Lipinski definition) is 0. The van der Waals surface area contributed by atoms with E-state index >= 15 is 0 Å². The van der Waals surface area contributed by atoms with Gasteiger partial charge in [0.2, 0.25) is 0 Å². The van der Waals surface area contributed by atoms with Gasteiger partial charge < -0.3 is 24.8 Å². The Labute approximate surface area is 303 Å².